The molecule has 3 rings (SSSR count). The van der Waals surface area contributed by atoms with E-state index in [0.717, 1.165) is 4.90 Å². The largest absolute Gasteiger partial charge is 0.475 e. The van der Waals surface area contributed by atoms with Crippen LogP contribution >= 0.6 is 11.6 Å². The number of halogens is 1. The van der Waals surface area contributed by atoms with Crippen LogP contribution in [-0.2, 0) is 9.59 Å². The number of anilines is 2. The lowest BCUT2D eigenvalue weighted by Crippen LogP contribution is -2.48. The van der Waals surface area contributed by atoms with E-state index in [2.05, 4.69) is 10.3 Å². The van der Waals surface area contributed by atoms with Crippen LogP contribution < -0.4 is 15.0 Å². The number of pyridine rings is 1. The smallest absolute Gasteiger partial charge is 0.366 e. The second-order valence-corrected chi connectivity index (χ2v) is 5.87. The van der Waals surface area contributed by atoms with Gasteiger partial charge in [0.1, 0.15) is 6.54 Å². The molecule has 9 nitrogen and oxygen atoms in total. The van der Waals surface area contributed by atoms with Gasteiger partial charge in [-0.05, 0) is 35.0 Å². The highest BCUT2D eigenvalue weighted by atomic mass is 35.5. The molecule has 1 aliphatic rings. The van der Waals surface area contributed by atoms with Crippen LogP contribution in [-0.4, -0.2) is 34.4 Å². The van der Waals surface area contributed by atoms with Gasteiger partial charge in [-0.15, -0.1) is 0 Å². The van der Waals surface area contributed by atoms with E-state index in [1.165, 1.54) is 19.1 Å². The van der Waals surface area contributed by atoms with Gasteiger partial charge in [-0.25, -0.2) is 0 Å². The van der Waals surface area contributed by atoms with E-state index in [9.17, 15) is 19.7 Å². The molecule has 1 aromatic heterocycles. The van der Waals surface area contributed by atoms with Crippen molar-refractivity contribution in [2.24, 2.45) is 0 Å². The topological polar surface area (TPSA) is 115 Å². The first-order chi connectivity index (χ1) is 12.4. The molecule has 2 amide bonds. The SMILES string of the molecule is CC1Oc2ccc([N+](=O)[O-])nc2N(CC(=O)Nc2ccccc2Cl)C1=O. The average molecular weight is 377 g/mol. The van der Waals surface area contributed by atoms with Gasteiger partial charge in [-0.1, -0.05) is 23.7 Å². The highest BCUT2D eigenvalue weighted by Crippen LogP contribution is 2.34. The number of rotatable bonds is 4. The van der Waals surface area contributed by atoms with E-state index in [1.807, 2.05) is 0 Å². The molecule has 26 heavy (non-hydrogen) atoms. The summed E-state index contributed by atoms with van der Waals surface area (Å²) < 4.78 is 5.40. The van der Waals surface area contributed by atoms with Crippen LogP contribution in [0.1, 0.15) is 6.92 Å². The van der Waals surface area contributed by atoms with Crippen molar-refractivity contribution in [1.82, 2.24) is 4.98 Å². The van der Waals surface area contributed by atoms with Crippen molar-refractivity contribution in [3.8, 4) is 5.75 Å². The van der Waals surface area contributed by atoms with Crippen LogP contribution in [0.4, 0.5) is 17.3 Å². The minimum atomic E-state index is -0.848. The summed E-state index contributed by atoms with van der Waals surface area (Å²) in [6, 6.07) is 9.15. The van der Waals surface area contributed by atoms with Crippen LogP contribution in [0.5, 0.6) is 5.75 Å². The molecule has 1 aliphatic heterocycles. The molecule has 0 bridgehead atoms. The highest BCUT2D eigenvalue weighted by molar-refractivity contribution is 6.33. The molecule has 10 heteroatoms. The quantitative estimate of drug-likeness (QED) is 0.647. The molecule has 2 aromatic rings. The third-order valence-electron chi connectivity index (χ3n) is 3.63. The number of para-hydroxylation sites is 1. The summed E-state index contributed by atoms with van der Waals surface area (Å²) in [7, 11) is 0. The lowest BCUT2D eigenvalue weighted by molar-refractivity contribution is -0.389. The van der Waals surface area contributed by atoms with Gasteiger partial charge in [-0.2, -0.15) is 0 Å². The molecular formula is C16H13ClN4O5. The molecule has 0 radical (unpaired) electrons. The van der Waals surface area contributed by atoms with Gasteiger partial charge in [-0.3, -0.25) is 14.5 Å². The average Bonchev–Trinajstić information content (AvgIpc) is 2.60. The Bertz CT molecular complexity index is 904. The van der Waals surface area contributed by atoms with E-state index >= 15 is 0 Å². The highest BCUT2D eigenvalue weighted by Gasteiger charge is 2.37. The summed E-state index contributed by atoms with van der Waals surface area (Å²) in [6.45, 7) is 1.13. The maximum atomic E-state index is 12.4. The second kappa shape index (κ2) is 6.96. The van der Waals surface area contributed by atoms with Crippen molar-refractivity contribution in [3.63, 3.8) is 0 Å². The summed E-state index contributed by atoms with van der Waals surface area (Å²) in [6.07, 6.45) is -0.848. The van der Waals surface area contributed by atoms with Gasteiger partial charge in [0.05, 0.1) is 10.7 Å². The Labute approximate surface area is 152 Å². The fourth-order valence-corrected chi connectivity index (χ4v) is 2.61. The molecular weight excluding hydrogens is 364 g/mol. The number of carbonyl (C=O) groups is 2. The summed E-state index contributed by atoms with van der Waals surface area (Å²) >= 11 is 6.00. The summed E-state index contributed by atoms with van der Waals surface area (Å²) in [5.74, 6) is -1.39. The summed E-state index contributed by atoms with van der Waals surface area (Å²) in [4.78, 5) is 39.9. The predicted molar refractivity (Wildman–Crippen MR) is 93.4 cm³/mol. The molecule has 1 unspecified atom stereocenters. The van der Waals surface area contributed by atoms with E-state index in [4.69, 9.17) is 16.3 Å². The Kier molecular flexibility index (Phi) is 4.72. The number of amides is 2. The number of nitro groups is 1. The van der Waals surface area contributed by atoms with Gasteiger partial charge in [0, 0.05) is 6.07 Å². The molecule has 1 N–H and O–H groups in total. The van der Waals surface area contributed by atoms with Crippen LogP contribution in [0, 0.1) is 10.1 Å². The third-order valence-corrected chi connectivity index (χ3v) is 3.96. The van der Waals surface area contributed by atoms with E-state index in [0.29, 0.717) is 10.7 Å². The Balaban J connectivity index is 1.88. The first kappa shape index (κ1) is 17.6. The molecule has 1 atom stereocenters. The zero-order valence-electron chi connectivity index (χ0n) is 13.5. The van der Waals surface area contributed by atoms with Crippen molar-refractivity contribution in [2.45, 2.75) is 13.0 Å². The second-order valence-electron chi connectivity index (χ2n) is 5.46. The van der Waals surface area contributed by atoms with E-state index in [1.54, 1.807) is 24.3 Å². The van der Waals surface area contributed by atoms with Gasteiger partial charge >= 0.3 is 5.82 Å². The fourth-order valence-electron chi connectivity index (χ4n) is 2.43. The number of nitrogens with one attached hydrogen (secondary N) is 1. The molecule has 1 aromatic carbocycles. The first-order valence-electron chi connectivity index (χ1n) is 7.54. The van der Waals surface area contributed by atoms with Crippen molar-refractivity contribution in [3.05, 3.63) is 51.5 Å². The number of ether oxygens (including phenoxy) is 1. The van der Waals surface area contributed by atoms with Gasteiger partial charge < -0.3 is 20.2 Å². The molecule has 0 saturated heterocycles. The zero-order valence-corrected chi connectivity index (χ0v) is 14.3. The fraction of sp³-hybridized carbons (Fsp3) is 0.188. The van der Waals surface area contributed by atoms with Crippen molar-refractivity contribution in [2.75, 3.05) is 16.8 Å². The molecule has 0 aliphatic carbocycles. The number of aromatic nitrogens is 1. The maximum Gasteiger partial charge on any atom is 0.366 e. The lowest BCUT2D eigenvalue weighted by Gasteiger charge is -2.28. The standard InChI is InChI=1S/C16H13ClN4O5/c1-9-16(23)20(8-14(22)18-11-5-3-2-4-10(11)17)15-12(26-9)6-7-13(19-15)21(24)25/h2-7,9H,8H2,1H3,(H,18,22). The summed E-state index contributed by atoms with van der Waals surface area (Å²) in [5.41, 5.74) is 0.389. The number of benzene rings is 1. The Morgan fingerprint density at radius 1 is 1.38 bits per heavy atom. The van der Waals surface area contributed by atoms with E-state index in [-0.39, 0.29) is 18.1 Å². The maximum absolute atomic E-state index is 12.4. The predicted octanol–water partition coefficient (Wildman–Crippen LogP) is 2.40. The van der Waals surface area contributed by atoms with Gasteiger partial charge in [0.2, 0.25) is 5.91 Å². The minimum absolute atomic E-state index is 0.0726. The molecule has 0 saturated carbocycles. The Morgan fingerprint density at radius 3 is 2.81 bits per heavy atom. The van der Waals surface area contributed by atoms with Crippen LogP contribution in [0.25, 0.3) is 0 Å². The number of carbonyl (C=O) groups excluding carboxylic acids is 2. The number of fused-ring (bicyclic) bond motifs is 1. The van der Waals surface area contributed by atoms with Crippen molar-refractivity contribution in [1.29, 1.82) is 0 Å². The van der Waals surface area contributed by atoms with E-state index < -0.39 is 28.7 Å². The Hall–Kier alpha value is -3.20. The molecule has 0 fully saturated rings. The monoisotopic (exact) mass is 376 g/mol. The zero-order chi connectivity index (χ0) is 18.8. The first-order valence-corrected chi connectivity index (χ1v) is 7.92. The molecule has 134 valence electrons. The third kappa shape index (κ3) is 3.42. The lowest BCUT2D eigenvalue weighted by atomic mass is 10.2. The number of nitrogens with zero attached hydrogens (tertiary/aromatic N) is 3. The van der Waals surface area contributed by atoms with Crippen LogP contribution in [0.2, 0.25) is 5.02 Å². The van der Waals surface area contributed by atoms with Crippen molar-refractivity contribution < 1.29 is 19.2 Å². The normalized spacial score (nSPS) is 15.8. The van der Waals surface area contributed by atoms with Crippen LogP contribution in [0.15, 0.2) is 36.4 Å². The number of hydrogen-bond acceptors (Lipinski definition) is 6. The summed E-state index contributed by atoms with van der Waals surface area (Å²) in [5, 5.41) is 13.9. The molecule has 2 heterocycles. The van der Waals surface area contributed by atoms with Crippen LogP contribution in [0.3, 0.4) is 0 Å². The Morgan fingerprint density at radius 2 is 2.12 bits per heavy atom. The van der Waals surface area contributed by atoms with Gasteiger partial charge in [0.25, 0.3) is 11.7 Å². The minimum Gasteiger partial charge on any atom is -0.475 e. The van der Waals surface area contributed by atoms with Gasteiger partial charge in [0.15, 0.2) is 11.9 Å². The number of hydrogen-bond donors (Lipinski definition) is 1. The molecule has 0 spiro atoms. The van der Waals surface area contributed by atoms with Crippen molar-refractivity contribution >= 4 is 40.7 Å².